The second-order valence-corrected chi connectivity index (χ2v) is 11.1. The van der Waals surface area contributed by atoms with Crippen LogP contribution in [-0.4, -0.2) is 57.6 Å². The number of nitrogens with zero attached hydrogens (tertiary/aromatic N) is 2. The van der Waals surface area contributed by atoms with E-state index >= 15 is 0 Å². The standard InChI is InChI=1S/C25H33Cl2N3O5S/c1-5-7-14-28-25(32)22(6-2)29(16-18-8-11-20(35-3)12-9-18)24(31)17-30(36(4,33)34)23-15-19(26)10-13-21(23)27/h8-13,15,22H,5-7,14,16-17H2,1-4H3,(H,28,32)/t22-/m1/s1. The highest BCUT2D eigenvalue weighted by atomic mass is 35.5. The topological polar surface area (TPSA) is 96.0 Å². The number of methoxy groups -OCH3 is 1. The number of rotatable bonds is 13. The number of amides is 2. The van der Waals surface area contributed by atoms with Crippen molar-refractivity contribution in [1.82, 2.24) is 10.2 Å². The molecule has 1 atom stereocenters. The first-order valence-electron chi connectivity index (χ1n) is 11.6. The van der Waals surface area contributed by atoms with E-state index in [0.29, 0.717) is 18.7 Å². The molecule has 2 rings (SSSR count). The number of carbonyl (C=O) groups excluding carboxylic acids is 2. The summed E-state index contributed by atoms with van der Waals surface area (Å²) in [6, 6.07) is 10.7. The van der Waals surface area contributed by atoms with E-state index in [-0.39, 0.29) is 28.2 Å². The van der Waals surface area contributed by atoms with Crippen LogP contribution >= 0.6 is 23.2 Å². The van der Waals surface area contributed by atoms with Gasteiger partial charge in [0.2, 0.25) is 21.8 Å². The zero-order chi connectivity index (χ0) is 26.9. The lowest BCUT2D eigenvalue weighted by molar-refractivity contribution is -0.140. The van der Waals surface area contributed by atoms with E-state index in [1.165, 1.54) is 23.1 Å². The van der Waals surface area contributed by atoms with Crippen molar-refractivity contribution in [2.45, 2.75) is 45.7 Å². The Morgan fingerprint density at radius 3 is 2.31 bits per heavy atom. The highest BCUT2D eigenvalue weighted by molar-refractivity contribution is 7.92. The van der Waals surface area contributed by atoms with E-state index < -0.39 is 28.5 Å². The van der Waals surface area contributed by atoms with Gasteiger partial charge in [0.05, 0.1) is 24.1 Å². The average Bonchev–Trinajstić information content (AvgIpc) is 2.83. The zero-order valence-corrected chi connectivity index (χ0v) is 23.3. The maximum Gasteiger partial charge on any atom is 0.244 e. The van der Waals surface area contributed by atoms with Gasteiger partial charge in [0, 0.05) is 18.1 Å². The molecule has 0 spiro atoms. The van der Waals surface area contributed by atoms with Crippen LogP contribution in [0.25, 0.3) is 0 Å². The van der Waals surface area contributed by atoms with Gasteiger partial charge in [0.1, 0.15) is 18.3 Å². The molecule has 0 heterocycles. The number of hydrogen-bond donors (Lipinski definition) is 1. The molecule has 8 nitrogen and oxygen atoms in total. The Kier molecular flexibility index (Phi) is 11.3. The SMILES string of the molecule is CCCCNC(=O)[C@@H](CC)N(Cc1ccc(OC)cc1)C(=O)CN(c1cc(Cl)ccc1Cl)S(C)(=O)=O. The molecule has 1 N–H and O–H groups in total. The second-order valence-electron chi connectivity index (χ2n) is 8.30. The molecule has 198 valence electrons. The fourth-order valence-electron chi connectivity index (χ4n) is 3.63. The smallest absolute Gasteiger partial charge is 0.244 e. The fraction of sp³-hybridized carbons (Fsp3) is 0.440. The van der Waals surface area contributed by atoms with Crippen molar-refractivity contribution >= 4 is 50.7 Å². The number of ether oxygens (including phenoxy) is 1. The predicted molar refractivity (Wildman–Crippen MR) is 144 cm³/mol. The van der Waals surface area contributed by atoms with E-state index in [1.54, 1.807) is 38.3 Å². The molecule has 0 aromatic heterocycles. The van der Waals surface area contributed by atoms with E-state index in [4.69, 9.17) is 27.9 Å². The summed E-state index contributed by atoms with van der Waals surface area (Å²) in [6.07, 6.45) is 3.05. The summed E-state index contributed by atoms with van der Waals surface area (Å²) >= 11 is 12.3. The van der Waals surface area contributed by atoms with Crippen LogP contribution in [-0.2, 0) is 26.2 Å². The van der Waals surface area contributed by atoms with Crippen molar-refractivity contribution in [1.29, 1.82) is 0 Å². The van der Waals surface area contributed by atoms with Gasteiger partial charge < -0.3 is 15.0 Å². The Bertz CT molecular complexity index is 1140. The number of halogens is 2. The van der Waals surface area contributed by atoms with Crippen molar-refractivity contribution in [2.75, 3.05) is 30.8 Å². The number of sulfonamides is 1. The van der Waals surface area contributed by atoms with Crippen molar-refractivity contribution in [3.63, 3.8) is 0 Å². The first-order chi connectivity index (χ1) is 17.0. The van der Waals surface area contributed by atoms with Crippen LogP contribution < -0.4 is 14.4 Å². The molecule has 2 aromatic rings. The molecule has 11 heteroatoms. The maximum absolute atomic E-state index is 13.7. The molecule has 2 aromatic carbocycles. The van der Waals surface area contributed by atoms with Crippen molar-refractivity contribution in [3.8, 4) is 5.75 Å². The lowest BCUT2D eigenvalue weighted by Crippen LogP contribution is -2.52. The fourth-order valence-corrected chi connectivity index (χ4v) is 4.91. The summed E-state index contributed by atoms with van der Waals surface area (Å²) in [5, 5.41) is 3.28. The van der Waals surface area contributed by atoms with Gasteiger partial charge >= 0.3 is 0 Å². The van der Waals surface area contributed by atoms with Gasteiger partial charge in [0.25, 0.3) is 0 Å². The molecule has 2 amide bonds. The Balaban J connectivity index is 2.44. The van der Waals surface area contributed by atoms with Gasteiger partial charge in [-0.25, -0.2) is 8.42 Å². The number of unbranched alkanes of at least 4 members (excludes halogenated alkanes) is 1. The summed E-state index contributed by atoms with van der Waals surface area (Å²) in [6.45, 7) is 3.87. The molecule has 0 radical (unpaired) electrons. The molecule has 36 heavy (non-hydrogen) atoms. The van der Waals surface area contributed by atoms with Crippen LogP contribution in [0.5, 0.6) is 5.75 Å². The van der Waals surface area contributed by atoms with Gasteiger partial charge in [0.15, 0.2) is 0 Å². The highest BCUT2D eigenvalue weighted by Gasteiger charge is 2.32. The highest BCUT2D eigenvalue weighted by Crippen LogP contribution is 2.31. The summed E-state index contributed by atoms with van der Waals surface area (Å²) < 4.78 is 31.5. The molecule has 0 aliphatic carbocycles. The van der Waals surface area contributed by atoms with Crippen molar-refractivity contribution in [2.24, 2.45) is 0 Å². The number of anilines is 1. The third-order valence-electron chi connectivity index (χ3n) is 5.58. The van der Waals surface area contributed by atoms with Gasteiger partial charge in [-0.1, -0.05) is 55.6 Å². The molecular weight excluding hydrogens is 525 g/mol. The summed E-state index contributed by atoms with van der Waals surface area (Å²) in [7, 11) is -2.36. The number of benzene rings is 2. The summed E-state index contributed by atoms with van der Waals surface area (Å²) in [5.74, 6) is -0.191. The average molecular weight is 559 g/mol. The normalized spacial score (nSPS) is 12.1. The van der Waals surface area contributed by atoms with Gasteiger partial charge in [-0.3, -0.25) is 13.9 Å². The van der Waals surface area contributed by atoms with Gasteiger partial charge in [-0.2, -0.15) is 0 Å². The Hall–Kier alpha value is -2.49. The minimum atomic E-state index is -3.91. The van der Waals surface area contributed by atoms with Crippen LogP contribution in [0.2, 0.25) is 10.0 Å². The van der Waals surface area contributed by atoms with E-state index in [0.717, 1.165) is 29.0 Å². The molecule has 0 fully saturated rings. The molecule has 0 aliphatic heterocycles. The Morgan fingerprint density at radius 2 is 1.75 bits per heavy atom. The quantitative estimate of drug-likeness (QED) is 0.366. The first kappa shape index (κ1) is 29.7. The zero-order valence-electron chi connectivity index (χ0n) is 21.0. The van der Waals surface area contributed by atoms with Gasteiger partial charge in [-0.05, 0) is 48.7 Å². The Labute approximate surface area is 223 Å². The minimum Gasteiger partial charge on any atom is -0.497 e. The molecule has 0 saturated carbocycles. The minimum absolute atomic E-state index is 0.0878. The van der Waals surface area contributed by atoms with E-state index in [1.807, 2.05) is 6.92 Å². The lowest BCUT2D eigenvalue weighted by Gasteiger charge is -2.33. The number of carbonyl (C=O) groups is 2. The van der Waals surface area contributed by atoms with Crippen molar-refractivity contribution in [3.05, 3.63) is 58.1 Å². The Morgan fingerprint density at radius 1 is 1.08 bits per heavy atom. The van der Waals surface area contributed by atoms with Crippen LogP contribution in [0.4, 0.5) is 5.69 Å². The second kappa shape index (κ2) is 13.7. The molecule has 0 saturated heterocycles. The van der Waals surface area contributed by atoms with Crippen LogP contribution in [0, 0.1) is 0 Å². The number of hydrogen-bond acceptors (Lipinski definition) is 5. The molecule has 0 unspecified atom stereocenters. The van der Waals surface area contributed by atoms with E-state index in [2.05, 4.69) is 5.32 Å². The van der Waals surface area contributed by atoms with Crippen LogP contribution in [0.15, 0.2) is 42.5 Å². The molecule has 0 bridgehead atoms. The summed E-state index contributed by atoms with van der Waals surface area (Å²) in [4.78, 5) is 28.1. The third-order valence-corrected chi connectivity index (χ3v) is 7.26. The largest absolute Gasteiger partial charge is 0.497 e. The monoisotopic (exact) mass is 557 g/mol. The maximum atomic E-state index is 13.7. The van der Waals surface area contributed by atoms with Crippen LogP contribution in [0.1, 0.15) is 38.7 Å². The number of nitrogens with one attached hydrogen (secondary N) is 1. The van der Waals surface area contributed by atoms with Crippen molar-refractivity contribution < 1.29 is 22.7 Å². The van der Waals surface area contributed by atoms with Gasteiger partial charge in [-0.15, -0.1) is 0 Å². The predicted octanol–water partition coefficient (Wildman–Crippen LogP) is 4.49. The summed E-state index contributed by atoms with van der Waals surface area (Å²) in [5.41, 5.74) is 0.848. The lowest BCUT2D eigenvalue weighted by atomic mass is 10.1. The molecular formula is C25H33Cl2N3O5S. The van der Waals surface area contributed by atoms with E-state index in [9.17, 15) is 18.0 Å². The third kappa shape index (κ3) is 8.28. The first-order valence-corrected chi connectivity index (χ1v) is 14.2. The van der Waals surface area contributed by atoms with Crippen LogP contribution in [0.3, 0.4) is 0 Å². The molecule has 0 aliphatic rings.